The molecule has 3 aromatic rings. The van der Waals surface area contributed by atoms with Crippen molar-refractivity contribution in [2.75, 3.05) is 0 Å². The van der Waals surface area contributed by atoms with Gasteiger partial charge in [0.25, 0.3) is 0 Å². The Bertz CT molecular complexity index is 764. The summed E-state index contributed by atoms with van der Waals surface area (Å²) in [7, 11) is 0. The largest absolute Gasteiger partial charge is 0.423 e. The van der Waals surface area contributed by atoms with Crippen molar-refractivity contribution in [3.63, 3.8) is 0 Å². The number of nitrogens with zero attached hydrogens (tertiary/aromatic N) is 1. The molecule has 0 radical (unpaired) electrons. The van der Waals surface area contributed by atoms with Gasteiger partial charge < -0.3 is 4.74 Å². The lowest BCUT2D eigenvalue weighted by molar-refractivity contribution is 0.0736. The standard InChI is InChI=1S/C16H10INO2/c17-12-6-8-13(9-7-12)20-16(19)14-5-1-3-11-4-2-10-18-15(11)14/h1-10H. The van der Waals surface area contributed by atoms with E-state index in [9.17, 15) is 4.79 Å². The maximum absolute atomic E-state index is 12.2. The van der Waals surface area contributed by atoms with E-state index in [1.54, 1.807) is 24.4 Å². The Balaban J connectivity index is 1.94. The molecular weight excluding hydrogens is 365 g/mol. The molecule has 0 spiro atoms. The second-order valence-corrected chi connectivity index (χ2v) is 5.47. The average molecular weight is 375 g/mol. The van der Waals surface area contributed by atoms with Crippen LogP contribution in [-0.4, -0.2) is 11.0 Å². The van der Waals surface area contributed by atoms with E-state index in [0.717, 1.165) is 8.96 Å². The molecule has 20 heavy (non-hydrogen) atoms. The molecule has 0 saturated carbocycles. The van der Waals surface area contributed by atoms with Crippen LogP contribution in [0.5, 0.6) is 5.75 Å². The number of fused-ring (bicyclic) bond motifs is 1. The first-order valence-corrected chi connectivity index (χ1v) is 7.13. The van der Waals surface area contributed by atoms with E-state index in [1.165, 1.54) is 0 Å². The number of para-hydroxylation sites is 1. The molecule has 1 heterocycles. The third-order valence-electron chi connectivity index (χ3n) is 2.88. The van der Waals surface area contributed by atoms with Crippen LogP contribution in [0.1, 0.15) is 10.4 Å². The number of pyridine rings is 1. The predicted molar refractivity (Wildman–Crippen MR) is 85.9 cm³/mol. The highest BCUT2D eigenvalue weighted by Crippen LogP contribution is 2.19. The fraction of sp³-hybridized carbons (Fsp3) is 0. The summed E-state index contributed by atoms with van der Waals surface area (Å²) < 4.78 is 6.47. The molecule has 0 saturated heterocycles. The Morgan fingerprint density at radius 3 is 2.55 bits per heavy atom. The minimum atomic E-state index is -0.393. The molecule has 0 amide bonds. The van der Waals surface area contributed by atoms with E-state index < -0.39 is 5.97 Å². The van der Waals surface area contributed by atoms with Gasteiger partial charge in [0.15, 0.2) is 0 Å². The van der Waals surface area contributed by atoms with Crippen LogP contribution in [0.25, 0.3) is 10.9 Å². The summed E-state index contributed by atoms with van der Waals surface area (Å²) >= 11 is 2.20. The van der Waals surface area contributed by atoms with Crippen LogP contribution in [0, 0.1) is 3.57 Å². The van der Waals surface area contributed by atoms with Crippen molar-refractivity contribution in [3.05, 3.63) is 69.9 Å². The van der Waals surface area contributed by atoms with Crippen molar-refractivity contribution in [3.8, 4) is 5.75 Å². The normalized spacial score (nSPS) is 10.4. The monoisotopic (exact) mass is 375 g/mol. The van der Waals surface area contributed by atoms with Crippen LogP contribution in [0.2, 0.25) is 0 Å². The van der Waals surface area contributed by atoms with Crippen molar-refractivity contribution >= 4 is 39.5 Å². The van der Waals surface area contributed by atoms with Gasteiger partial charge in [-0.1, -0.05) is 18.2 Å². The van der Waals surface area contributed by atoms with Crippen LogP contribution >= 0.6 is 22.6 Å². The van der Waals surface area contributed by atoms with E-state index in [0.29, 0.717) is 16.8 Å². The van der Waals surface area contributed by atoms with Crippen LogP contribution in [-0.2, 0) is 0 Å². The molecule has 1 aromatic heterocycles. The van der Waals surface area contributed by atoms with Gasteiger partial charge in [0, 0.05) is 15.2 Å². The maximum Gasteiger partial charge on any atom is 0.345 e. The number of carbonyl (C=O) groups is 1. The molecular formula is C16H10INO2. The third-order valence-corrected chi connectivity index (χ3v) is 3.60. The second-order valence-electron chi connectivity index (χ2n) is 4.22. The Labute approximate surface area is 129 Å². The number of ether oxygens (including phenoxy) is 1. The number of hydrogen-bond acceptors (Lipinski definition) is 3. The molecule has 98 valence electrons. The molecule has 0 unspecified atom stereocenters. The first kappa shape index (κ1) is 13.1. The Morgan fingerprint density at radius 2 is 1.75 bits per heavy atom. The van der Waals surface area contributed by atoms with Gasteiger partial charge in [-0.3, -0.25) is 4.98 Å². The number of aromatic nitrogens is 1. The van der Waals surface area contributed by atoms with E-state index in [4.69, 9.17) is 4.74 Å². The number of rotatable bonds is 2. The molecule has 0 fully saturated rings. The first-order valence-electron chi connectivity index (χ1n) is 6.05. The lowest BCUT2D eigenvalue weighted by atomic mass is 10.1. The van der Waals surface area contributed by atoms with Crippen molar-refractivity contribution in [1.82, 2.24) is 4.98 Å². The smallest absolute Gasteiger partial charge is 0.345 e. The molecule has 0 atom stereocenters. The molecule has 4 heteroatoms. The van der Waals surface area contributed by atoms with Gasteiger partial charge in [0.05, 0.1) is 11.1 Å². The van der Waals surface area contributed by atoms with Crippen LogP contribution < -0.4 is 4.74 Å². The molecule has 3 nitrogen and oxygen atoms in total. The van der Waals surface area contributed by atoms with Crippen molar-refractivity contribution < 1.29 is 9.53 Å². The van der Waals surface area contributed by atoms with Gasteiger partial charge in [-0.2, -0.15) is 0 Å². The zero-order valence-corrected chi connectivity index (χ0v) is 12.6. The van der Waals surface area contributed by atoms with Gasteiger partial charge in [0.1, 0.15) is 5.75 Å². The van der Waals surface area contributed by atoms with Gasteiger partial charge in [-0.25, -0.2) is 4.79 Å². The number of esters is 1. The highest BCUT2D eigenvalue weighted by molar-refractivity contribution is 14.1. The fourth-order valence-corrected chi connectivity index (χ4v) is 2.29. The topological polar surface area (TPSA) is 39.2 Å². The van der Waals surface area contributed by atoms with Crippen LogP contribution in [0.4, 0.5) is 0 Å². The van der Waals surface area contributed by atoms with Crippen LogP contribution in [0.3, 0.4) is 0 Å². The summed E-state index contributed by atoms with van der Waals surface area (Å²) in [5.74, 6) is 0.138. The van der Waals surface area contributed by atoms with E-state index >= 15 is 0 Å². The van der Waals surface area contributed by atoms with Gasteiger partial charge >= 0.3 is 5.97 Å². The number of halogens is 1. The molecule has 2 aromatic carbocycles. The first-order chi connectivity index (χ1) is 9.74. The summed E-state index contributed by atoms with van der Waals surface area (Å²) in [6.45, 7) is 0. The summed E-state index contributed by atoms with van der Waals surface area (Å²) in [5, 5.41) is 0.921. The molecule has 3 rings (SSSR count). The third kappa shape index (κ3) is 2.65. The summed E-state index contributed by atoms with van der Waals surface area (Å²) in [4.78, 5) is 16.5. The van der Waals surface area contributed by atoms with Gasteiger partial charge in [0.2, 0.25) is 0 Å². The zero-order chi connectivity index (χ0) is 13.9. The quantitative estimate of drug-likeness (QED) is 0.385. The molecule has 0 N–H and O–H groups in total. The highest BCUT2D eigenvalue weighted by atomic mass is 127. The van der Waals surface area contributed by atoms with Gasteiger partial charge in [-0.05, 0) is 59.0 Å². The number of carbonyl (C=O) groups excluding carboxylic acids is 1. The number of hydrogen-bond donors (Lipinski definition) is 0. The maximum atomic E-state index is 12.2. The van der Waals surface area contributed by atoms with Crippen molar-refractivity contribution in [2.45, 2.75) is 0 Å². The molecule has 0 aliphatic carbocycles. The minimum Gasteiger partial charge on any atom is -0.423 e. The molecule has 0 bridgehead atoms. The predicted octanol–water partition coefficient (Wildman–Crippen LogP) is 4.06. The summed E-state index contributed by atoms with van der Waals surface area (Å²) in [6, 6.07) is 16.6. The summed E-state index contributed by atoms with van der Waals surface area (Å²) in [5.41, 5.74) is 1.13. The van der Waals surface area contributed by atoms with Crippen molar-refractivity contribution in [1.29, 1.82) is 0 Å². The SMILES string of the molecule is O=C(Oc1ccc(I)cc1)c1cccc2cccnc12. The lowest BCUT2D eigenvalue weighted by Gasteiger charge is -2.06. The van der Waals surface area contributed by atoms with Crippen LogP contribution in [0.15, 0.2) is 60.8 Å². The average Bonchev–Trinajstić information content (AvgIpc) is 2.49. The van der Waals surface area contributed by atoms with Crippen molar-refractivity contribution in [2.24, 2.45) is 0 Å². The van der Waals surface area contributed by atoms with E-state index in [-0.39, 0.29) is 0 Å². The Morgan fingerprint density at radius 1 is 1.00 bits per heavy atom. The van der Waals surface area contributed by atoms with E-state index in [2.05, 4.69) is 27.6 Å². The van der Waals surface area contributed by atoms with E-state index in [1.807, 2.05) is 36.4 Å². The fourth-order valence-electron chi connectivity index (χ4n) is 1.93. The Kier molecular flexibility index (Phi) is 3.64. The lowest BCUT2D eigenvalue weighted by Crippen LogP contribution is -2.09. The molecule has 0 aliphatic heterocycles. The summed E-state index contributed by atoms with van der Waals surface area (Å²) in [6.07, 6.45) is 1.67. The molecule has 0 aliphatic rings. The second kappa shape index (κ2) is 5.58. The zero-order valence-electron chi connectivity index (χ0n) is 10.4. The van der Waals surface area contributed by atoms with Gasteiger partial charge in [-0.15, -0.1) is 0 Å². The number of benzene rings is 2. The Hall–Kier alpha value is -1.95. The highest BCUT2D eigenvalue weighted by Gasteiger charge is 2.13. The minimum absolute atomic E-state index is 0.393.